The smallest absolute Gasteiger partial charge is 0.316 e. The highest BCUT2D eigenvalue weighted by molar-refractivity contribution is 5.84. The van der Waals surface area contributed by atoms with Gasteiger partial charge in [0.15, 0.2) is 0 Å². The second kappa shape index (κ2) is 5.04. The molecule has 1 aromatic rings. The van der Waals surface area contributed by atoms with Crippen molar-refractivity contribution >= 4 is 5.78 Å². The Morgan fingerprint density at radius 2 is 2.25 bits per heavy atom. The highest BCUT2D eigenvalue weighted by Crippen LogP contribution is 2.23. The van der Waals surface area contributed by atoms with E-state index in [-0.39, 0.29) is 0 Å². The third-order valence-electron chi connectivity index (χ3n) is 1.95. The lowest BCUT2D eigenvalue weighted by atomic mass is 10.0. The number of rotatable bonds is 4. The Kier molecular flexibility index (Phi) is 3.97. The lowest BCUT2D eigenvalue weighted by molar-refractivity contribution is -0.172. The van der Waals surface area contributed by atoms with E-state index in [0.717, 1.165) is 0 Å². The minimum Gasteiger partial charge on any atom is -0.316 e. The maximum absolute atomic E-state index is 12.0. The Labute approximate surface area is 89.1 Å². The molecule has 0 radical (unpaired) electrons. The van der Waals surface area contributed by atoms with Crippen molar-refractivity contribution in [3.8, 4) is 0 Å². The van der Waals surface area contributed by atoms with E-state index in [2.05, 4.69) is 4.98 Å². The van der Waals surface area contributed by atoms with Crippen molar-refractivity contribution in [1.29, 1.82) is 0 Å². The Bertz CT molecular complexity index is 354. The molecule has 0 aromatic carbocycles. The molecule has 1 heterocycles. The number of Topliss-reactive ketones (excluding diaryl/α,β-unsaturated/α-hetero) is 1. The number of carbonyl (C=O) groups is 1. The second-order valence-electron chi connectivity index (χ2n) is 3.09. The van der Waals surface area contributed by atoms with Gasteiger partial charge in [0.05, 0.1) is 6.04 Å². The summed E-state index contributed by atoms with van der Waals surface area (Å²) in [5, 5.41) is 8.70. The summed E-state index contributed by atoms with van der Waals surface area (Å²) in [6, 6.07) is 1.85. The van der Waals surface area contributed by atoms with Crippen LogP contribution in [0.5, 0.6) is 0 Å². The third kappa shape index (κ3) is 3.28. The molecule has 1 rings (SSSR count). The minimum atomic E-state index is -4.89. The maximum atomic E-state index is 12.0. The molecule has 1 unspecified atom stereocenters. The highest BCUT2D eigenvalue weighted by Gasteiger charge is 2.39. The molecule has 0 bridgehead atoms. The van der Waals surface area contributed by atoms with Crippen LogP contribution in [-0.2, 0) is 4.79 Å². The highest BCUT2D eigenvalue weighted by atomic mass is 19.4. The van der Waals surface area contributed by atoms with Crippen LogP contribution in [0, 0.1) is 0 Å². The van der Waals surface area contributed by atoms with Gasteiger partial charge in [-0.1, -0.05) is 6.07 Å². The van der Waals surface area contributed by atoms with Crippen LogP contribution < -0.4 is 5.48 Å². The number of nitrogens with zero attached hydrogens (tertiary/aromatic N) is 1. The fourth-order valence-electron chi connectivity index (χ4n) is 1.12. The van der Waals surface area contributed by atoms with E-state index >= 15 is 0 Å². The number of ketones is 1. The summed E-state index contributed by atoms with van der Waals surface area (Å²) < 4.78 is 36.0. The van der Waals surface area contributed by atoms with E-state index in [1.165, 1.54) is 24.5 Å². The average Bonchev–Trinajstić information content (AvgIpc) is 2.25. The van der Waals surface area contributed by atoms with Gasteiger partial charge in [-0.05, 0) is 11.6 Å². The van der Waals surface area contributed by atoms with Crippen molar-refractivity contribution in [3.05, 3.63) is 30.1 Å². The van der Waals surface area contributed by atoms with E-state index in [9.17, 15) is 18.0 Å². The molecular weight excluding hydrogens is 225 g/mol. The fraction of sp³-hybridized carbons (Fsp3) is 0.333. The molecule has 16 heavy (non-hydrogen) atoms. The first-order chi connectivity index (χ1) is 7.45. The van der Waals surface area contributed by atoms with Gasteiger partial charge >= 0.3 is 6.18 Å². The second-order valence-corrected chi connectivity index (χ2v) is 3.09. The lowest BCUT2D eigenvalue weighted by Gasteiger charge is -2.14. The van der Waals surface area contributed by atoms with Crippen molar-refractivity contribution < 1.29 is 23.2 Å². The van der Waals surface area contributed by atoms with Crippen LogP contribution in [-0.4, -0.2) is 22.2 Å². The van der Waals surface area contributed by atoms with Crippen LogP contribution in [0.15, 0.2) is 24.5 Å². The number of nitrogens with one attached hydrogen (secondary N) is 1. The lowest BCUT2D eigenvalue weighted by Crippen LogP contribution is -2.29. The quantitative estimate of drug-likeness (QED) is 0.777. The molecule has 1 atom stereocenters. The first kappa shape index (κ1) is 12.6. The molecule has 2 N–H and O–H groups in total. The predicted molar refractivity (Wildman–Crippen MR) is 47.6 cm³/mol. The van der Waals surface area contributed by atoms with Crippen molar-refractivity contribution in [1.82, 2.24) is 10.5 Å². The zero-order valence-corrected chi connectivity index (χ0v) is 8.03. The number of hydrogen-bond donors (Lipinski definition) is 2. The summed E-state index contributed by atoms with van der Waals surface area (Å²) >= 11 is 0. The van der Waals surface area contributed by atoms with Gasteiger partial charge in [0, 0.05) is 18.8 Å². The van der Waals surface area contributed by atoms with Crippen molar-refractivity contribution in [2.75, 3.05) is 0 Å². The van der Waals surface area contributed by atoms with Crippen LogP contribution in [0.25, 0.3) is 0 Å². The number of carbonyl (C=O) groups excluding carboxylic acids is 1. The summed E-state index contributed by atoms with van der Waals surface area (Å²) in [5.74, 6) is -1.90. The third-order valence-corrected chi connectivity index (χ3v) is 1.95. The summed E-state index contributed by atoms with van der Waals surface area (Å²) in [5.41, 5.74) is 1.97. The van der Waals surface area contributed by atoms with Gasteiger partial charge < -0.3 is 5.21 Å². The monoisotopic (exact) mass is 234 g/mol. The van der Waals surface area contributed by atoms with Crippen LogP contribution >= 0.6 is 0 Å². The Balaban J connectivity index is 2.75. The molecule has 0 amide bonds. The van der Waals surface area contributed by atoms with Crippen LogP contribution in [0.2, 0.25) is 0 Å². The average molecular weight is 234 g/mol. The number of hydrogen-bond acceptors (Lipinski definition) is 4. The van der Waals surface area contributed by atoms with E-state index in [4.69, 9.17) is 5.21 Å². The fourth-order valence-corrected chi connectivity index (χ4v) is 1.12. The van der Waals surface area contributed by atoms with Crippen molar-refractivity contribution in [3.63, 3.8) is 0 Å². The first-order valence-corrected chi connectivity index (χ1v) is 4.34. The predicted octanol–water partition coefficient (Wildman–Crippen LogP) is 1.62. The molecule has 4 nitrogen and oxygen atoms in total. The Morgan fingerprint density at radius 3 is 2.69 bits per heavy atom. The van der Waals surface area contributed by atoms with Crippen LogP contribution in [0.1, 0.15) is 18.0 Å². The van der Waals surface area contributed by atoms with Gasteiger partial charge in [-0.25, -0.2) is 0 Å². The van der Waals surface area contributed by atoms with Crippen LogP contribution in [0.3, 0.4) is 0 Å². The number of alkyl halides is 3. The number of pyridine rings is 1. The molecular formula is C9H9F3N2O2. The number of hydroxylamine groups is 1. The first-order valence-electron chi connectivity index (χ1n) is 4.34. The molecule has 88 valence electrons. The van der Waals surface area contributed by atoms with Gasteiger partial charge in [-0.2, -0.15) is 18.7 Å². The Hall–Kier alpha value is -1.47. The van der Waals surface area contributed by atoms with E-state index in [1.807, 2.05) is 0 Å². The Morgan fingerprint density at radius 1 is 1.56 bits per heavy atom. The standard InChI is InChI=1S/C9H9F3N2O2/c10-9(11,12)8(15)4-7(14-16)6-2-1-3-13-5-6/h1-3,5,7,14,16H,4H2. The maximum Gasteiger partial charge on any atom is 0.450 e. The summed E-state index contributed by atoms with van der Waals surface area (Å²) in [7, 11) is 0. The van der Waals surface area contributed by atoms with E-state index in [0.29, 0.717) is 5.56 Å². The normalized spacial score (nSPS) is 13.5. The van der Waals surface area contributed by atoms with Crippen molar-refractivity contribution in [2.24, 2.45) is 0 Å². The van der Waals surface area contributed by atoms with Gasteiger partial charge in [0.1, 0.15) is 0 Å². The van der Waals surface area contributed by atoms with Gasteiger partial charge in [-0.15, -0.1) is 0 Å². The summed E-state index contributed by atoms with van der Waals surface area (Å²) in [6.07, 6.45) is -3.05. The van der Waals surface area contributed by atoms with Crippen LogP contribution in [0.4, 0.5) is 13.2 Å². The molecule has 1 aromatic heterocycles. The van der Waals surface area contributed by atoms with Gasteiger partial charge in [0.2, 0.25) is 5.78 Å². The van der Waals surface area contributed by atoms with E-state index < -0.39 is 24.4 Å². The summed E-state index contributed by atoms with van der Waals surface area (Å²) in [4.78, 5) is 14.4. The molecule has 0 aliphatic carbocycles. The zero-order chi connectivity index (χ0) is 12.2. The SMILES string of the molecule is O=C(CC(NO)c1cccnc1)C(F)(F)F. The molecule has 0 aliphatic rings. The largest absolute Gasteiger partial charge is 0.450 e. The molecule has 0 saturated heterocycles. The molecule has 0 spiro atoms. The molecule has 0 fully saturated rings. The van der Waals surface area contributed by atoms with Crippen molar-refractivity contribution in [2.45, 2.75) is 18.6 Å². The van der Waals surface area contributed by atoms with Gasteiger partial charge in [-0.3, -0.25) is 9.78 Å². The number of aromatic nitrogens is 1. The molecule has 0 aliphatic heterocycles. The molecule has 7 heteroatoms. The zero-order valence-electron chi connectivity index (χ0n) is 8.03. The summed E-state index contributed by atoms with van der Waals surface area (Å²) in [6.45, 7) is 0. The van der Waals surface area contributed by atoms with E-state index in [1.54, 1.807) is 5.48 Å². The van der Waals surface area contributed by atoms with Gasteiger partial charge in [0.25, 0.3) is 0 Å². The number of halogens is 3. The minimum absolute atomic E-state index is 0.308. The molecule has 0 saturated carbocycles. The topological polar surface area (TPSA) is 62.2 Å².